The molecule has 4 nitrogen and oxygen atoms in total. The number of nitrogens with zero attached hydrogens (tertiary/aromatic N) is 2. The lowest BCUT2D eigenvalue weighted by molar-refractivity contribution is 0.265. The van der Waals surface area contributed by atoms with Crippen LogP contribution in [0.2, 0.25) is 0 Å². The summed E-state index contributed by atoms with van der Waals surface area (Å²) in [7, 11) is 1.83. The fourth-order valence-corrected chi connectivity index (χ4v) is 4.02. The molecule has 7 heteroatoms. The minimum Gasteiger partial charge on any atom is -0.352 e. The van der Waals surface area contributed by atoms with Gasteiger partial charge in [-0.15, -0.1) is 35.3 Å². The smallest absolute Gasteiger partial charge is 0.191 e. The van der Waals surface area contributed by atoms with Crippen LogP contribution in [0.3, 0.4) is 0 Å². The molecular formula is C15H26BrIN4S. The average molecular weight is 501 g/mol. The van der Waals surface area contributed by atoms with Gasteiger partial charge in [-0.25, -0.2) is 0 Å². The van der Waals surface area contributed by atoms with E-state index < -0.39 is 0 Å². The van der Waals surface area contributed by atoms with Crippen LogP contribution in [0.15, 0.2) is 20.9 Å². The lowest BCUT2D eigenvalue weighted by Crippen LogP contribution is -2.46. The van der Waals surface area contributed by atoms with Gasteiger partial charge in [0.15, 0.2) is 5.96 Å². The van der Waals surface area contributed by atoms with Crippen LogP contribution in [0.5, 0.6) is 0 Å². The molecule has 22 heavy (non-hydrogen) atoms. The van der Waals surface area contributed by atoms with Crippen molar-refractivity contribution in [3.05, 3.63) is 20.8 Å². The van der Waals surface area contributed by atoms with E-state index in [1.807, 2.05) is 7.05 Å². The van der Waals surface area contributed by atoms with Gasteiger partial charge in [0.25, 0.3) is 0 Å². The van der Waals surface area contributed by atoms with E-state index in [2.05, 4.69) is 69.4 Å². The van der Waals surface area contributed by atoms with Crippen molar-refractivity contribution in [2.75, 3.05) is 20.1 Å². The number of guanidine groups is 1. The predicted molar refractivity (Wildman–Crippen MR) is 110 cm³/mol. The second kappa shape index (κ2) is 9.44. The number of likely N-dealkylation sites (tertiary alicyclic amines) is 1. The summed E-state index contributed by atoms with van der Waals surface area (Å²) in [6, 6.07) is 5.29. The van der Waals surface area contributed by atoms with E-state index >= 15 is 0 Å². The van der Waals surface area contributed by atoms with Gasteiger partial charge in [-0.2, -0.15) is 0 Å². The highest BCUT2D eigenvalue weighted by Gasteiger charge is 2.31. The van der Waals surface area contributed by atoms with E-state index in [4.69, 9.17) is 0 Å². The maximum Gasteiger partial charge on any atom is 0.191 e. The highest BCUT2D eigenvalue weighted by Crippen LogP contribution is 2.22. The zero-order valence-electron chi connectivity index (χ0n) is 13.6. The number of aliphatic imine (C=N–C) groups is 1. The number of nitrogens with one attached hydrogen (secondary N) is 2. The molecule has 2 atom stereocenters. The van der Waals surface area contributed by atoms with E-state index in [1.165, 1.54) is 8.66 Å². The Balaban J connectivity index is 0.00000242. The lowest BCUT2D eigenvalue weighted by atomic mass is 10.1. The van der Waals surface area contributed by atoms with Gasteiger partial charge in [0.2, 0.25) is 0 Å². The predicted octanol–water partition coefficient (Wildman–Crippen LogP) is 3.52. The van der Waals surface area contributed by atoms with Crippen molar-refractivity contribution in [2.45, 2.75) is 39.4 Å². The molecule has 2 heterocycles. The third kappa shape index (κ3) is 5.65. The molecule has 126 valence electrons. The molecule has 2 N–H and O–H groups in total. The molecule has 0 aromatic carbocycles. The van der Waals surface area contributed by atoms with Crippen LogP contribution >= 0.6 is 51.2 Å². The van der Waals surface area contributed by atoms with E-state index in [1.54, 1.807) is 11.3 Å². The summed E-state index contributed by atoms with van der Waals surface area (Å²) in [4.78, 5) is 8.17. The molecule has 1 saturated heterocycles. The normalized spacial score (nSPS) is 22.7. The first-order valence-electron chi connectivity index (χ1n) is 7.45. The monoisotopic (exact) mass is 500 g/mol. The molecule has 0 spiro atoms. The SMILES string of the molecule is CN=C(NCc1ccc(Br)s1)NC1CN(C(C)C)CC1C.I. The summed E-state index contributed by atoms with van der Waals surface area (Å²) in [5.74, 6) is 1.53. The molecule has 0 amide bonds. The summed E-state index contributed by atoms with van der Waals surface area (Å²) in [6.45, 7) is 9.89. The lowest BCUT2D eigenvalue weighted by Gasteiger charge is -2.21. The van der Waals surface area contributed by atoms with E-state index in [0.29, 0.717) is 18.0 Å². The molecule has 0 aliphatic carbocycles. The molecule has 1 aliphatic heterocycles. The van der Waals surface area contributed by atoms with Gasteiger partial charge in [-0.1, -0.05) is 6.92 Å². The molecule has 0 radical (unpaired) electrons. The van der Waals surface area contributed by atoms with Crippen molar-refractivity contribution >= 4 is 57.2 Å². The fourth-order valence-electron chi connectivity index (χ4n) is 2.60. The van der Waals surface area contributed by atoms with Gasteiger partial charge in [-0.3, -0.25) is 9.89 Å². The number of thiophene rings is 1. The maximum absolute atomic E-state index is 4.35. The quantitative estimate of drug-likeness (QED) is 0.377. The molecular weight excluding hydrogens is 475 g/mol. The highest BCUT2D eigenvalue weighted by molar-refractivity contribution is 14.0. The molecule has 1 aromatic heterocycles. The summed E-state index contributed by atoms with van der Waals surface area (Å²) < 4.78 is 1.17. The molecule has 1 aliphatic rings. The number of hydrogen-bond donors (Lipinski definition) is 2. The highest BCUT2D eigenvalue weighted by atomic mass is 127. The van der Waals surface area contributed by atoms with Crippen LogP contribution in [-0.4, -0.2) is 43.1 Å². The number of halogens is 2. The minimum absolute atomic E-state index is 0. The minimum atomic E-state index is 0. The van der Waals surface area contributed by atoms with Crippen molar-refractivity contribution < 1.29 is 0 Å². The van der Waals surface area contributed by atoms with Crippen LogP contribution in [0.4, 0.5) is 0 Å². The first-order valence-corrected chi connectivity index (χ1v) is 9.06. The molecule has 1 aromatic rings. The van der Waals surface area contributed by atoms with Gasteiger partial charge >= 0.3 is 0 Å². The summed E-state index contributed by atoms with van der Waals surface area (Å²) in [5, 5.41) is 6.97. The van der Waals surface area contributed by atoms with Crippen LogP contribution in [0.25, 0.3) is 0 Å². The molecule has 1 fully saturated rings. The van der Waals surface area contributed by atoms with Crippen LogP contribution < -0.4 is 10.6 Å². The third-order valence-corrected chi connectivity index (χ3v) is 5.60. The molecule has 0 bridgehead atoms. The Bertz CT molecular complexity index is 492. The Morgan fingerprint density at radius 3 is 2.68 bits per heavy atom. The van der Waals surface area contributed by atoms with Gasteiger partial charge < -0.3 is 10.6 Å². The Kier molecular flexibility index (Phi) is 8.66. The fraction of sp³-hybridized carbons (Fsp3) is 0.667. The van der Waals surface area contributed by atoms with Gasteiger partial charge in [-0.05, 0) is 47.8 Å². The van der Waals surface area contributed by atoms with Crippen molar-refractivity contribution in [3.63, 3.8) is 0 Å². The molecule has 2 rings (SSSR count). The van der Waals surface area contributed by atoms with Crippen molar-refractivity contribution in [2.24, 2.45) is 10.9 Å². The molecule has 2 unspecified atom stereocenters. The second-order valence-corrected chi connectivity index (χ2v) is 8.45. The van der Waals surface area contributed by atoms with Gasteiger partial charge in [0, 0.05) is 37.1 Å². The van der Waals surface area contributed by atoms with E-state index in [-0.39, 0.29) is 24.0 Å². The standard InChI is InChI=1S/C15H25BrN4S.HI/c1-10(2)20-8-11(3)13(9-20)19-15(17-4)18-7-12-5-6-14(16)21-12;/h5-6,10-11,13H,7-9H2,1-4H3,(H2,17,18,19);1H. The van der Waals surface area contributed by atoms with Crippen molar-refractivity contribution in [1.82, 2.24) is 15.5 Å². The summed E-state index contributed by atoms with van der Waals surface area (Å²) >= 11 is 5.25. The Morgan fingerprint density at radius 2 is 2.18 bits per heavy atom. The molecule has 0 saturated carbocycles. The first-order chi connectivity index (χ1) is 9.99. The number of hydrogen-bond acceptors (Lipinski definition) is 3. The summed E-state index contributed by atoms with van der Waals surface area (Å²) in [5.41, 5.74) is 0. The zero-order valence-corrected chi connectivity index (χ0v) is 18.3. The van der Waals surface area contributed by atoms with Crippen LogP contribution in [0.1, 0.15) is 25.6 Å². The van der Waals surface area contributed by atoms with Crippen LogP contribution in [0, 0.1) is 5.92 Å². The topological polar surface area (TPSA) is 39.7 Å². The largest absolute Gasteiger partial charge is 0.352 e. The first kappa shape index (κ1) is 20.2. The Labute approximate surface area is 163 Å². The van der Waals surface area contributed by atoms with E-state index in [9.17, 15) is 0 Å². The second-order valence-electron chi connectivity index (χ2n) is 5.91. The number of rotatable bonds is 4. The Morgan fingerprint density at radius 1 is 1.45 bits per heavy atom. The average Bonchev–Trinajstić information content (AvgIpc) is 3.01. The van der Waals surface area contributed by atoms with Gasteiger partial charge in [0.1, 0.15) is 0 Å². The van der Waals surface area contributed by atoms with Gasteiger partial charge in [0.05, 0.1) is 10.3 Å². The maximum atomic E-state index is 4.35. The van der Waals surface area contributed by atoms with E-state index in [0.717, 1.165) is 25.6 Å². The third-order valence-electron chi connectivity index (χ3n) is 3.98. The van der Waals surface area contributed by atoms with Crippen LogP contribution in [-0.2, 0) is 6.54 Å². The summed E-state index contributed by atoms with van der Waals surface area (Å²) in [6.07, 6.45) is 0. The van der Waals surface area contributed by atoms with Crippen molar-refractivity contribution in [1.29, 1.82) is 0 Å². The van der Waals surface area contributed by atoms with Crippen molar-refractivity contribution in [3.8, 4) is 0 Å². The zero-order chi connectivity index (χ0) is 15.4. The Hall–Kier alpha value is 0.140.